The Labute approximate surface area is 138 Å². The first-order chi connectivity index (χ1) is 10.6. The van der Waals surface area contributed by atoms with Crippen molar-refractivity contribution in [3.63, 3.8) is 0 Å². The first-order valence-electron chi connectivity index (χ1n) is 7.05. The van der Waals surface area contributed by atoms with E-state index in [1.807, 2.05) is 37.3 Å². The smallest absolute Gasteiger partial charge is 0.224 e. The zero-order chi connectivity index (χ0) is 15.5. The Morgan fingerprint density at radius 1 is 1.27 bits per heavy atom. The number of rotatable bonds is 4. The van der Waals surface area contributed by atoms with Gasteiger partial charge in [-0.15, -0.1) is 11.3 Å². The highest BCUT2D eigenvalue weighted by Crippen LogP contribution is 2.31. The van der Waals surface area contributed by atoms with Crippen molar-refractivity contribution in [2.45, 2.75) is 19.4 Å². The van der Waals surface area contributed by atoms with Crippen LogP contribution in [0.25, 0.3) is 0 Å². The molecule has 1 aliphatic rings. The lowest BCUT2D eigenvalue weighted by molar-refractivity contribution is -0.121. The van der Waals surface area contributed by atoms with E-state index in [0.29, 0.717) is 25.4 Å². The minimum atomic E-state index is -0.0535. The van der Waals surface area contributed by atoms with Gasteiger partial charge in [-0.25, -0.2) is 0 Å². The van der Waals surface area contributed by atoms with Gasteiger partial charge in [0.15, 0.2) is 11.5 Å². The van der Waals surface area contributed by atoms with Gasteiger partial charge in [0, 0.05) is 4.88 Å². The van der Waals surface area contributed by atoms with Crippen LogP contribution >= 0.6 is 22.9 Å². The number of nitrogens with one attached hydrogen (secondary N) is 1. The van der Waals surface area contributed by atoms with E-state index in [-0.39, 0.29) is 11.9 Å². The fourth-order valence-corrected chi connectivity index (χ4v) is 3.37. The summed E-state index contributed by atoms with van der Waals surface area (Å²) in [5.74, 6) is 1.40. The summed E-state index contributed by atoms with van der Waals surface area (Å²) in [5, 5.41) is 2.98. The molecule has 1 aliphatic heterocycles. The first kappa shape index (κ1) is 15.2. The van der Waals surface area contributed by atoms with Gasteiger partial charge in [-0.05, 0) is 36.8 Å². The summed E-state index contributed by atoms with van der Waals surface area (Å²) in [6.45, 7) is 3.05. The van der Waals surface area contributed by atoms with Crippen molar-refractivity contribution in [2.75, 3.05) is 13.2 Å². The zero-order valence-corrected chi connectivity index (χ0v) is 13.7. The highest BCUT2D eigenvalue weighted by atomic mass is 35.5. The molecule has 2 aromatic rings. The summed E-state index contributed by atoms with van der Waals surface area (Å²) >= 11 is 7.40. The van der Waals surface area contributed by atoms with Crippen LogP contribution in [-0.2, 0) is 11.2 Å². The Kier molecular flexibility index (Phi) is 4.55. The van der Waals surface area contributed by atoms with Crippen LogP contribution in [0.15, 0.2) is 30.3 Å². The molecule has 0 saturated heterocycles. The predicted octanol–water partition coefficient (Wildman–Crippen LogP) is 3.59. The van der Waals surface area contributed by atoms with Gasteiger partial charge in [0.25, 0.3) is 0 Å². The lowest BCUT2D eigenvalue weighted by Crippen LogP contribution is -2.27. The zero-order valence-electron chi connectivity index (χ0n) is 12.1. The molecule has 1 amide bonds. The van der Waals surface area contributed by atoms with Crippen LogP contribution in [0.1, 0.15) is 23.4 Å². The van der Waals surface area contributed by atoms with Crippen LogP contribution < -0.4 is 14.8 Å². The van der Waals surface area contributed by atoms with E-state index >= 15 is 0 Å². The maximum Gasteiger partial charge on any atom is 0.224 e. The third-order valence-electron chi connectivity index (χ3n) is 3.37. The SMILES string of the molecule is CC(NC(=O)Cc1ccc2c(c1)OCCO2)c1ccc(Cl)s1. The van der Waals surface area contributed by atoms with Crippen molar-refractivity contribution in [2.24, 2.45) is 0 Å². The van der Waals surface area contributed by atoms with Crippen molar-refractivity contribution < 1.29 is 14.3 Å². The highest BCUT2D eigenvalue weighted by Gasteiger charge is 2.15. The molecule has 3 rings (SSSR count). The van der Waals surface area contributed by atoms with E-state index in [0.717, 1.165) is 20.5 Å². The molecule has 1 N–H and O–H groups in total. The van der Waals surface area contributed by atoms with Crippen LogP contribution in [0.4, 0.5) is 0 Å². The molecule has 22 heavy (non-hydrogen) atoms. The van der Waals surface area contributed by atoms with E-state index in [1.54, 1.807) is 0 Å². The molecule has 1 atom stereocenters. The highest BCUT2D eigenvalue weighted by molar-refractivity contribution is 7.16. The van der Waals surface area contributed by atoms with Crippen LogP contribution in [0.3, 0.4) is 0 Å². The van der Waals surface area contributed by atoms with Crippen molar-refractivity contribution >= 4 is 28.8 Å². The quantitative estimate of drug-likeness (QED) is 0.927. The Hall–Kier alpha value is -1.72. The number of halogens is 1. The summed E-state index contributed by atoms with van der Waals surface area (Å²) in [7, 11) is 0. The van der Waals surface area contributed by atoms with Gasteiger partial charge in [-0.2, -0.15) is 0 Å². The molecule has 116 valence electrons. The number of hydrogen-bond acceptors (Lipinski definition) is 4. The van der Waals surface area contributed by atoms with Gasteiger partial charge in [-0.3, -0.25) is 4.79 Å². The summed E-state index contributed by atoms with van der Waals surface area (Å²) in [6.07, 6.45) is 0.306. The third kappa shape index (κ3) is 3.54. The number of ether oxygens (including phenoxy) is 2. The van der Waals surface area contributed by atoms with E-state index in [9.17, 15) is 4.79 Å². The standard InChI is InChI=1S/C16H16ClNO3S/c1-10(14-4-5-15(17)22-14)18-16(19)9-11-2-3-12-13(8-11)21-7-6-20-12/h2-5,8,10H,6-7,9H2,1H3,(H,18,19). The van der Waals surface area contributed by atoms with Crippen molar-refractivity contribution in [3.05, 3.63) is 45.1 Å². The largest absolute Gasteiger partial charge is 0.486 e. The number of amides is 1. The van der Waals surface area contributed by atoms with E-state index in [4.69, 9.17) is 21.1 Å². The fourth-order valence-electron chi connectivity index (χ4n) is 2.31. The molecule has 2 heterocycles. The van der Waals surface area contributed by atoms with Crippen LogP contribution in [0.5, 0.6) is 11.5 Å². The molecule has 0 bridgehead atoms. The molecule has 4 nitrogen and oxygen atoms in total. The van der Waals surface area contributed by atoms with E-state index in [1.165, 1.54) is 11.3 Å². The van der Waals surface area contributed by atoms with E-state index < -0.39 is 0 Å². The van der Waals surface area contributed by atoms with E-state index in [2.05, 4.69) is 5.32 Å². The van der Waals surface area contributed by atoms with Gasteiger partial charge in [0.1, 0.15) is 13.2 Å². The maximum atomic E-state index is 12.2. The van der Waals surface area contributed by atoms with Gasteiger partial charge in [-0.1, -0.05) is 17.7 Å². The van der Waals surface area contributed by atoms with Gasteiger partial charge >= 0.3 is 0 Å². The lowest BCUT2D eigenvalue weighted by Gasteiger charge is -2.19. The Bertz CT molecular complexity index is 686. The molecule has 6 heteroatoms. The number of carbonyl (C=O) groups is 1. The molecule has 0 saturated carbocycles. The topological polar surface area (TPSA) is 47.6 Å². The first-order valence-corrected chi connectivity index (χ1v) is 8.24. The fraction of sp³-hybridized carbons (Fsp3) is 0.312. The van der Waals surface area contributed by atoms with Gasteiger partial charge < -0.3 is 14.8 Å². The van der Waals surface area contributed by atoms with Crippen LogP contribution in [0, 0.1) is 0 Å². The Balaban J connectivity index is 1.62. The number of benzene rings is 1. The van der Waals surface area contributed by atoms with Crippen LogP contribution in [-0.4, -0.2) is 19.1 Å². The Morgan fingerprint density at radius 3 is 2.77 bits per heavy atom. The summed E-state index contributed by atoms with van der Waals surface area (Å²) in [4.78, 5) is 13.2. The summed E-state index contributed by atoms with van der Waals surface area (Å²) < 4.78 is 11.7. The average Bonchev–Trinajstić information content (AvgIpc) is 2.94. The lowest BCUT2D eigenvalue weighted by atomic mass is 10.1. The molecular formula is C16H16ClNO3S. The van der Waals surface area contributed by atoms with Crippen LogP contribution in [0.2, 0.25) is 4.34 Å². The second-order valence-electron chi connectivity index (χ2n) is 5.09. The van der Waals surface area contributed by atoms with Gasteiger partial charge in [0.05, 0.1) is 16.8 Å². The molecule has 0 spiro atoms. The third-order valence-corrected chi connectivity index (χ3v) is 4.78. The normalized spacial score (nSPS) is 14.5. The molecule has 1 aromatic heterocycles. The summed E-state index contributed by atoms with van der Waals surface area (Å²) in [6, 6.07) is 9.31. The molecule has 0 radical (unpaired) electrons. The molecule has 0 fully saturated rings. The van der Waals surface area contributed by atoms with Crippen molar-refractivity contribution in [1.82, 2.24) is 5.32 Å². The minimum Gasteiger partial charge on any atom is -0.486 e. The number of hydrogen-bond donors (Lipinski definition) is 1. The summed E-state index contributed by atoms with van der Waals surface area (Å²) in [5.41, 5.74) is 0.901. The predicted molar refractivity (Wildman–Crippen MR) is 87.0 cm³/mol. The number of fused-ring (bicyclic) bond motifs is 1. The van der Waals surface area contributed by atoms with Crippen molar-refractivity contribution in [1.29, 1.82) is 0 Å². The average molecular weight is 338 g/mol. The second-order valence-corrected chi connectivity index (χ2v) is 6.83. The van der Waals surface area contributed by atoms with Gasteiger partial charge in [0.2, 0.25) is 5.91 Å². The maximum absolute atomic E-state index is 12.2. The molecule has 1 aromatic carbocycles. The monoisotopic (exact) mass is 337 g/mol. The minimum absolute atomic E-state index is 0.0336. The van der Waals surface area contributed by atoms with Crippen molar-refractivity contribution in [3.8, 4) is 11.5 Å². The molecular weight excluding hydrogens is 322 g/mol. The number of thiophene rings is 1. The number of carbonyl (C=O) groups excluding carboxylic acids is 1. The Morgan fingerprint density at radius 2 is 2.05 bits per heavy atom. The molecule has 1 unspecified atom stereocenters. The molecule has 0 aliphatic carbocycles. The second kappa shape index (κ2) is 6.58.